The van der Waals surface area contributed by atoms with Gasteiger partial charge in [0, 0.05) is 12.0 Å². The fourth-order valence-electron chi connectivity index (χ4n) is 3.40. The van der Waals surface area contributed by atoms with Crippen LogP contribution in [0.3, 0.4) is 0 Å². The molecule has 1 unspecified atom stereocenters. The molecule has 1 atom stereocenters. The number of hydrogen-bond acceptors (Lipinski definition) is 5. The maximum absolute atomic E-state index is 12.3. The van der Waals surface area contributed by atoms with E-state index >= 15 is 0 Å². The Kier molecular flexibility index (Phi) is 5.05. The molecule has 3 rings (SSSR count). The molecule has 124 valence electrons. The summed E-state index contributed by atoms with van der Waals surface area (Å²) in [6, 6.07) is 0. The zero-order valence-electron chi connectivity index (χ0n) is 13.0. The van der Waals surface area contributed by atoms with Gasteiger partial charge in [0.1, 0.15) is 5.01 Å². The highest BCUT2D eigenvalue weighted by atomic mass is 32.1. The summed E-state index contributed by atoms with van der Waals surface area (Å²) in [7, 11) is 0. The molecule has 2 aliphatic carbocycles. The van der Waals surface area contributed by atoms with Crippen LogP contribution < -0.4 is 5.32 Å². The summed E-state index contributed by atoms with van der Waals surface area (Å²) in [6.45, 7) is 0. The van der Waals surface area contributed by atoms with E-state index in [-0.39, 0.29) is 5.91 Å². The zero-order chi connectivity index (χ0) is 16.2. The average Bonchev–Trinajstić information content (AvgIpc) is 3.20. The second-order valence-electron chi connectivity index (χ2n) is 6.29. The molecule has 7 heteroatoms. The largest absolute Gasteiger partial charge is 0.481 e. The molecule has 1 saturated carbocycles. The summed E-state index contributed by atoms with van der Waals surface area (Å²) in [5.41, 5.74) is 0.344. The van der Waals surface area contributed by atoms with Gasteiger partial charge >= 0.3 is 5.97 Å². The van der Waals surface area contributed by atoms with E-state index in [0.717, 1.165) is 24.3 Å². The molecule has 0 saturated heterocycles. The molecule has 0 aliphatic heterocycles. The highest BCUT2D eigenvalue weighted by molar-refractivity contribution is 7.15. The van der Waals surface area contributed by atoms with Gasteiger partial charge in [-0.25, -0.2) is 0 Å². The number of allylic oxidation sites excluding steroid dienone is 1. The smallest absolute Gasteiger partial charge is 0.311 e. The van der Waals surface area contributed by atoms with Gasteiger partial charge in [0.25, 0.3) is 5.91 Å². The quantitative estimate of drug-likeness (QED) is 0.863. The zero-order valence-corrected chi connectivity index (χ0v) is 13.8. The molecule has 0 bridgehead atoms. The third-order valence-electron chi connectivity index (χ3n) is 4.62. The van der Waals surface area contributed by atoms with E-state index < -0.39 is 11.9 Å². The van der Waals surface area contributed by atoms with Crippen LogP contribution in [0.15, 0.2) is 11.6 Å². The second kappa shape index (κ2) is 7.21. The minimum atomic E-state index is -0.940. The molecule has 1 heterocycles. The van der Waals surface area contributed by atoms with Crippen LogP contribution in [0.5, 0.6) is 0 Å². The molecule has 23 heavy (non-hydrogen) atoms. The van der Waals surface area contributed by atoms with Crippen LogP contribution in [0.2, 0.25) is 0 Å². The normalized spacial score (nSPS) is 21.9. The SMILES string of the molecule is O=C(Nc1nnc(CC2CCCC2)s1)C1=CCCCC1C(=O)O. The molecule has 0 aromatic carbocycles. The van der Waals surface area contributed by atoms with Crippen molar-refractivity contribution >= 4 is 28.3 Å². The number of aliphatic carboxylic acids is 1. The summed E-state index contributed by atoms with van der Waals surface area (Å²) in [6.07, 6.45) is 9.79. The van der Waals surface area contributed by atoms with Crippen LogP contribution in [0.25, 0.3) is 0 Å². The number of anilines is 1. The summed E-state index contributed by atoms with van der Waals surface area (Å²) >= 11 is 1.39. The fourth-order valence-corrected chi connectivity index (χ4v) is 4.25. The molecular formula is C16H21N3O3S. The van der Waals surface area contributed by atoms with Crippen LogP contribution in [0, 0.1) is 11.8 Å². The summed E-state index contributed by atoms with van der Waals surface area (Å²) < 4.78 is 0. The van der Waals surface area contributed by atoms with Crippen molar-refractivity contribution in [2.45, 2.75) is 51.4 Å². The average molecular weight is 335 g/mol. The molecule has 1 fully saturated rings. The topological polar surface area (TPSA) is 92.2 Å². The summed E-state index contributed by atoms with van der Waals surface area (Å²) in [5, 5.41) is 21.5. The molecule has 0 spiro atoms. The van der Waals surface area contributed by atoms with Gasteiger partial charge in [-0.15, -0.1) is 10.2 Å². The lowest BCUT2D eigenvalue weighted by Crippen LogP contribution is -2.27. The van der Waals surface area contributed by atoms with Crippen LogP contribution >= 0.6 is 11.3 Å². The predicted octanol–water partition coefficient (Wildman–Crippen LogP) is 3.02. The van der Waals surface area contributed by atoms with E-state index in [1.165, 1.54) is 37.0 Å². The molecule has 1 amide bonds. The van der Waals surface area contributed by atoms with Gasteiger partial charge in [0.2, 0.25) is 5.13 Å². The van der Waals surface area contributed by atoms with E-state index in [2.05, 4.69) is 15.5 Å². The molecular weight excluding hydrogens is 314 g/mol. The number of amides is 1. The number of carbonyl (C=O) groups excluding carboxylic acids is 1. The van der Waals surface area contributed by atoms with Gasteiger partial charge in [-0.1, -0.05) is 43.1 Å². The summed E-state index contributed by atoms with van der Waals surface area (Å²) in [5.74, 6) is -1.33. The number of rotatable bonds is 5. The van der Waals surface area contributed by atoms with E-state index in [1.807, 2.05) is 0 Å². The predicted molar refractivity (Wildman–Crippen MR) is 87.3 cm³/mol. The highest BCUT2D eigenvalue weighted by Crippen LogP contribution is 2.30. The van der Waals surface area contributed by atoms with Crippen molar-refractivity contribution in [1.82, 2.24) is 10.2 Å². The second-order valence-corrected chi connectivity index (χ2v) is 7.35. The third-order valence-corrected chi connectivity index (χ3v) is 5.48. The van der Waals surface area contributed by atoms with Gasteiger partial charge in [0.05, 0.1) is 5.92 Å². The van der Waals surface area contributed by atoms with E-state index in [4.69, 9.17) is 0 Å². The maximum Gasteiger partial charge on any atom is 0.311 e. The monoisotopic (exact) mass is 335 g/mol. The van der Waals surface area contributed by atoms with Crippen molar-refractivity contribution in [3.05, 3.63) is 16.7 Å². The van der Waals surface area contributed by atoms with Gasteiger partial charge in [-0.3, -0.25) is 14.9 Å². The van der Waals surface area contributed by atoms with Gasteiger partial charge in [0.15, 0.2) is 0 Å². The molecule has 1 aromatic heterocycles. The van der Waals surface area contributed by atoms with Crippen LogP contribution in [-0.4, -0.2) is 27.2 Å². The molecule has 0 radical (unpaired) electrons. The van der Waals surface area contributed by atoms with Crippen LogP contribution in [0.1, 0.15) is 50.0 Å². The van der Waals surface area contributed by atoms with Gasteiger partial charge < -0.3 is 5.11 Å². The van der Waals surface area contributed by atoms with Crippen molar-refractivity contribution < 1.29 is 14.7 Å². The van der Waals surface area contributed by atoms with Crippen molar-refractivity contribution in [3.63, 3.8) is 0 Å². The van der Waals surface area contributed by atoms with Crippen LogP contribution in [-0.2, 0) is 16.0 Å². The molecule has 2 aliphatic rings. The Balaban J connectivity index is 1.62. The number of carboxylic acids is 1. The number of nitrogens with one attached hydrogen (secondary N) is 1. The first kappa shape index (κ1) is 16.1. The lowest BCUT2D eigenvalue weighted by atomic mass is 9.87. The minimum Gasteiger partial charge on any atom is -0.481 e. The lowest BCUT2D eigenvalue weighted by Gasteiger charge is -2.19. The third kappa shape index (κ3) is 3.96. The Morgan fingerprint density at radius 3 is 2.74 bits per heavy atom. The first-order chi connectivity index (χ1) is 11.1. The van der Waals surface area contributed by atoms with Crippen LogP contribution in [0.4, 0.5) is 5.13 Å². The Bertz CT molecular complexity index is 620. The maximum atomic E-state index is 12.3. The lowest BCUT2D eigenvalue weighted by molar-refractivity contribution is -0.141. The van der Waals surface area contributed by atoms with Crippen molar-refractivity contribution in [3.8, 4) is 0 Å². The first-order valence-corrected chi connectivity index (χ1v) is 9.01. The van der Waals surface area contributed by atoms with Crippen molar-refractivity contribution in [2.75, 3.05) is 5.32 Å². The summed E-state index contributed by atoms with van der Waals surface area (Å²) in [4.78, 5) is 23.6. The van der Waals surface area contributed by atoms with Crippen molar-refractivity contribution in [1.29, 1.82) is 0 Å². The number of nitrogens with zero attached hydrogens (tertiary/aromatic N) is 2. The Morgan fingerprint density at radius 2 is 2.00 bits per heavy atom. The number of carboxylic acid groups (broad SMARTS) is 1. The molecule has 6 nitrogen and oxygen atoms in total. The standard InChI is InChI=1S/C16H21N3O3S/c20-14(11-7-3-4-8-12(11)15(21)22)17-16-19-18-13(23-16)9-10-5-1-2-6-10/h7,10,12H,1-6,8-9H2,(H,21,22)(H,17,19,20). The Hall–Kier alpha value is -1.76. The van der Waals surface area contributed by atoms with Gasteiger partial charge in [-0.2, -0.15) is 0 Å². The number of aromatic nitrogens is 2. The number of carbonyl (C=O) groups is 2. The highest BCUT2D eigenvalue weighted by Gasteiger charge is 2.29. The minimum absolute atomic E-state index is 0.344. The van der Waals surface area contributed by atoms with Crippen molar-refractivity contribution in [2.24, 2.45) is 11.8 Å². The van der Waals surface area contributed by atoms with Gasteiger partial charge in [-0.05, 0) is 25.2 Å². The molecule has 2 N–H and O–H groups in total. The van der Waals surface area contributed by atoms with E-state index in [1.54, 1.807) is 6.08 Å². The van der Waals surface area contributed by atoms with E-state index in [9.17, 15) is 14.7 Å². The Labute approximate surface area is 139 Å². The Morgan fingerprint density at radius 1 is 1.22 bits per heavy atom. The molecule has 1 aromatic rings. The number of hydrogen-bond donors (Lipinski definition) is 2. The first-order valence-electron chi connectivity index (χ1n) is 8.20. The van der Waals surface area contributed by atoms with E-state index in [0.29, 0.717) is 23.0 Å². The fraction of sp³-hybridized carbons (Fsp3) is 0.625.